The van der Waals surface area contributed by atoms with Crippen molar-refractivity contribution < 1.29 is 4.74 Å². The molecule has 3 nitrogen and oxygen atoms in total. The molecule has 3 heteroatoms. The maximum atomic E-state index is 5.81. The number of rotatable bonds is 3. The van der Waals surface area contributed by atoms with Gasteiger partial charge in [-0.15, -0.1) is 0 Å². The Morgan fingerprint density at radius 1 is 1.24 bits per heavy atom. The van der Waals surface area contributed by atoms with Gasteiger partial charge in [0.15, 0.2) is 0 Å². The van der Waals surface area contributed by atoms with Crippen LogP contribution in [0.15, 0.2) is 36.7 Å². The van der Waals surface area contributed by atoms with Gasteiger partial charge in [0, 0.05) is 23.6 Å². The molecule has 0 atom stereocenters. The third kappa shape index (κ3) is 2.75. The second-order valence-corrected chi connectivity index (χ2v) is 4.13. The maximum Gasteiger partial charge on any atom is 0.125 e. The normalized spacial score (nSPS) is 10.2. The molecule has 88 valence electrons. The van der Waals surface area contributed by atoms with Crippen molar-refractivity contribution in [3.63, 3.8) is 0 Å². The van der Waals surface area contributed by atoms with Gasteiger partial charge in [0.1, 0.15) is 12.4 Å². The van der Waals surface area contributed by atoms with E-state index in [0.717, 1.165) is 28.1 Å². The van der Waals surface area contributed by atoms with Gasteiger partial charge in [-0.05, 0) is 43.2 Å². The molecule has 2 N–H and O–H groups in total. The second kappa shape index (κ2) is 4.87. The zero-order chi connectivity index (χ0) is 12.3. The molecular formula is C14H16N2O. The third-order valence-corrected chi connectivity index (χ3v) is 2.59. The average molecular weight is 228 g/mol. The molecule has 0 amide bonds. The summed E-state index contributed by atoms with van der Waals surface area (Å²) < 4.78 is 5.81. The summed E-state index contributed by atoms with van der Waals surface area (Å²) >= 11 is 0. The Morgan fingerprint density at radius 3 is 2.53 bits per heavy atom. The monoisotopic (exact) mass is 228 g/mol. The zero-order valence-corrected chi connectivity index (χ0v) is 10.1. The van der Waals surface area contributed by atoms with Crippen molar-refractivity contribution in [2.45, 2.75) is 20.5 Å². The Kier molecular flexibility index (Phi) is 3.28. The predicted octanol–water partition coefficient (Wildman–Crippen LogP) is 2.86. The van der Waals surface area contributed by atoms with Gasteiger partial charge in [-0.25, -0.2) is 0 Å². The highest BCUT2D eigenvalue weighted by atomic mass is 16.5. The molecule has 0 radical (unpaired) electrons. The van der Waals surface area contributed by atoms with Crippen molar-refractivity contribution in [1.29, 1.82) is 0 Å². The number of pyridine rings is 1. The summed E-state index contributed by atoms with van der Waals surface area (Å²) in [6.07, 6.45) is 3.56. The number of ether oxygens (including phenoxy) is 1. The third-order valence-electron chi connectivity index (χ3n) is 2.59. The fraction of sp³-hybridized carbons (Fsp3) is 0.214. The minimum atomic E-state index is 0.527. The molecule has 0 saturated carbocycles. The van der Waals surface area contributed by atoms with E-state index in [1.54, 1.807) is 6.20 Å². The van der Waals surface area contributed by atoms with Crippen LogP contribution >= 0.6 is 0 Å². The molecule has 0 bridgehead atoms. The van der Waals surface area contributed by atoms with Gasteiger partial charge >= 0.3 is 0 Å². The number of hydrogen-bond acceptors (Lipinski definition) is 3. The van der Waals surface area contributed by atoms with Crippen LogP contribution in [0.25, 0.3) is 0 Å². The van der Waals surface area contributed by atoms with E-state index in [9.17, 15) is 0 Å². The highest BCUT2D eigenvalue weighted by Crippen LogP contribution is 2.26. The summed E-state index contributed by atoms with van der Waals surface area (Å²) in [6.45, 7) is 4.53. The van der Waals surface area contributed by atoms with Crippen molar-refractivity contribution in [3.8, 4) is 5.75 Å². The molecular weight excluding hydrogens is 212 g/mol. The van der Waals surface area contributed by atoms with Gasteiger partial charge in [-0.3, -0.25) is 4.98 Å². The summed E-state index contributed by atoms with van der Waals surface area (Å²) in [5, 5.41) is 0. The van der Waals surface area contributed by atoms with E-state index < -0.39 is 0 Å². The van der Waals surface area contributed by atoms with Gasteiger partial charge in [0.05, 0.1) is 0 Å². The number of nitrogen functional groups attached to an aromatic ring is 1. The summed E-state index contributed by atoms with van der Waals surface area (Å²) in [4.78, 5) is 4.06. The Hall–Kier alpha value is -2.03. The molecule has 1 heterocycles. The van der Waals surface area contributed by atoms with Crippen LogP contribution in [0.5, 0.6) is 5.75 Å². The van der Waals surface area contributed by atoms with Crippen LogP contribution < -0.4 is 10.5 Å². The molecule has 0 fully saturated rings. The SMILES string of the molecule is Cc1cc(N)cc(C)c1OCc1cccnc1. The van der Waals surface area contributed by atoms with Crippen LogP contribution in [0.2, 0.25) is 0 Å². The van der Waals surface area contributed by atoms with Crippen LogP contribution in [-0.4, -0.2) is 4.98 Å². The number of benzene rings is 1. The lowest BCUT2D eigenvalue weighted by Crippen LogP contribution is -2.00. The molecule has 1 aromatic heterocycles. The van der Waals surface area contributed by atoms with E-state index >= 15 is 0 Å². The van der Waals surface area contributed by atoms with E-state index in [1.807, 2.05) is 44.3 Å². The van der Waals surface area contributed by atoms with E-state index in [1.165, 1.54) is 0 Å². The van der Waals surface area contributed by atoms with Crippen molar-refractivity contribution in [3.05, 3.63) is 53.3 Å². The van der Waals surface area contributed by atoms with E-state index in [2.05, 4.69) is 4.98 Å². The van der Waals surface area contributed by atoms with Crippen molar-refractivity contribution >= 4 is 5.69 Å². The molecule has 0 saturated heterocycles. The first-order valence-corrected chi connectivity index (χ1v) is 5.55. The number of hydrogen-bond donors (Lipinski definition) is 1. The van der Waals surface area contributed by atoms with Gasteiger partial charge in [0.25, 0.3) is 0 Å². The first kappa shape index (κ1) is 11.5. The van der Waals surface area contributed by atoms with Crippen molar-refractivity contribution in [2.24, 2.45) is 0 Å². The number of aromatic nitrogens is 1. The molecule has 0 unspecified atom stereocenters. The largest absolute Gasteiger partial charge is 0.488 e. The smallest absolute Gasteiger partial charge is 0.125 e. The van der Waals surface area contributed by atoms with Crippen LogP contribution in [0.1, 0.15) is 16.7 Å². The topological polar surface area (TPSA) is 48.1 Å². The number of nitrogens with two attached hydrogens (primary N) is 1. The predicted molar refractivity (Wildman–Crippen MR) is 68.9 cm³/mol. The lowest BCUT2D eigenvalue weighted by molar-refractivity contribution is 0.301. The molecule has 0 spiro atoms. The van der Waals surface area contributed by atoms with Crippen molar-refractivity contribution in [2.75, 3.05) is 5.73 Å². The molecule has 0 aliphatic heterocycles. The Morgan fingerprint density at radius 2 is 1.94 bits per heavy atom. The van der Waals surface area contributed by atoms with Gasteiger partial charge < -0.3 is 10.5 Å². The summed E-state index contributed by atoms with van der Waals surface area (Å²) in [7, 11) is 0. The molecule has 0 aliphatic rings. The molecule has 2 rings (SSSR count). The number of anilines is 1. The van der Waals surface area contributed by atoms with E-state index in [0.29, 0.717) is 6.61 Å². The minimum Gasteiger partial charge on any atom is -0.488 e. The lowest BCUT2D eigenvalue weighted by Gasteiger charge is -2.12. The van der Waals surface area contributed by atoms with Crippen molar-refractivity contribution in [1.82, 2.24) is 4.98 Å². The Labute approximate surface area is 101 Å². The lowest BCUT2D eigenvalue weighted by atomic mass is 10.1. The fourth-order valence-corrected chi connectivity index (χ4v) is 1.85. The summed E-state index contributed by atoms with van der Waals surface area (Å²) in [6, 6.07) is 7.74. The molecule has 1 aromatic carbocycles. The van der Waals surface area contributed by atoms with Crippen LogP contribution in [0.4, 0.5) is 5.69 Å². The highest BCUT2D eigenvalue weighted by molar-refractivity contribution is 5.52. The minimum absolute atomic E-state index is 0.527. The quantitative estimate of drug-likeness (QED) is 0.822. The first-order chi connectivity index (χ1) is 8.16. The number of nitrogens with zero attached hydrogens (tertiary/aromatic N) is 1. The standard InChI is InChI=1S/C14H16N2O/c1-10-6-13(15)7-11(2)14(10)17-9-12-4-3-5-16-8-12/h3-8H,9,15H2,1-2H3. The number of aryl methyl sites for hydroxylation is 2. The zero-order valence-electron chi connectivity index (χ0n) is 10.1. The van der Waals surface area contributed by atoms with Crippen LogP contribution in [0, 0.1) is 13.8 Å². The summed E-state index contributed by atoms with van der Waals surface area (Å²) in [5.74, 6) is 0.906. The van der Waals surface area contributed by atoms with Crippen LogP contribution in [-0.2, 0) is 6.61 Å². The van der Waals surface area contributed by atoms with Gasteiger partial charge in [0.2, 0.25) is 0 Å². The van der Waals surface area contributed by atoms with E-state index in [4.69, 9.17) is 10.5 Å². The molecule has 17 heavy (non-hydrogen) atoms. The van der Waals surface area contributed by atoms with Gasteiger partial charge in [-0.1, -0.05) is 6.07 Å². The molecule has 2 aromatic rings. The van der Waals surface area contributed by atoms with Gasteiger partial charge in [-0.2, -0.15) is 0 Å². The summed E-state index contributed by atoms with van der Waals surface area (Å²) in [5.41, 5.74) is 9.72. The average Bonchev–Trinajstić information content (AvgIpc) is 2.29. The Balaban J connectivity index is 2.15. The Bertz CT molecular complexity index is 486. The first-order valence-electron chi connectivity index (χ1n) is 5.55. The second-order valence-electron chi connectivity index (χ2n) is 4.13. The fourth-order valence-electron chi connectivity index (χ4n) is 1.85. The van der Waals surface area contributed by atoms with Crippen LogP contribution in [0.3, 0.4) is 0 Å². The van der Waals surface area contributed by atoms with E-state index in [-0.39, 0.29) is 0 Å². The molecule has 0 aliphatic carbocycles. The highest BCUT2D eigenvalue weighted by Gasteiger charge is 2.05. The maximum absolute atomic E-state index is 5.81.